The maximum atomic E-state index is 13.2. The number of rotatable bonds is 3. The minimum absolute atomic E-state index is 0.0535. The van der Waals surface area contributed by atoms with E-state index in [2.05, 4.69) is 5.32 Å². The lowest BCUT2D eigenvalue weighted by Crippen LogP contribution is -2.08. The lowest BCUT2D eigenvalue weighted by molar-refractivity contribution is 0.462. The number of anilines is 1. The standard InChI is InChI=1S/C15H16FNO2/c1-9-7-12(18)4-5-14(9)17-10(2)13-8-11(16)3-6-15(13)19/h3-8,10,17-19H,1-2H3. The number of benzene rings is 2. The summed E-state index contributed by atoms with van der Waals surface area (Å²) in [6.45, 7) is 3.70. The van der Waals surface area contributed by atoms with E-state index in [-0.39, 0.29) is 23.4 Å². The van der Waals surface area contributed by atoms with Crippen LogP contribution in [0.4, 0.5) is 10.1 Å². The molecule has 0 bridgehead atoms. The molecule has 0 saturated heterocycles. The minimum atomic E-state index is -0.385. The summed E-state index contributed by atoms with van der Waals surface area (Å²) < 4.78 is 13.2. The third-order valence-corrected chi connectivity index (χ3v) is 3.04. The molecule has 2 aromatic carbocycles. The largest absolute Gasteiger partial charge is 0.508 e. The summed E-state index contributed by atoms with van der Waals surface area (Å²) in [5, 5.41) is 22.3. The van der Waals surface area contributed by atoms with Crippen LogP contribution in [-0.4, -0.2) is 10.2 Å². The van der Waals surface area contributed by atoms with Crippen LogP contribution >= 0.6 is 0 Å². The Balaban J connectivity index is 2.25. The SMILES string of the molecule is Cc1cc(O)ccc1NC(C)c1cc(F)ccc1O. The van der Waals surface area contributed by atoms with E-state index in [1.807, 2.05) is 13.8 Å². The van der Waals surface area contributed by atoms with Gasteiger partial charge in [0.25, 0.3) is 0 Å². The van der Waals surface area contributed by atoms with Crippen molar-refractivity contribution in [2.75, 3.05) is 5.32 Å². The molecule has 0 aliphatic heterocycles. The summed E-state index contributed by atoms with van der Waals surface area (Å²) in [7, 11) is 0. The fourth-order valence-corrected chi connectivity index (χ4v) is 1.99. The van der Waals surface area contributed by atoms with Gasteiger partial charge in [-0.3, -0.25) is 0 Å². The lowest BCUT2D eigenvalue weighted by Gasteiger charge is -2.18. The van der Waals surface area contributed by atoms with Crippen molar-refractivity contribution in [3.05, 3.63) is 53.3 Å². The molecule has 0 aliphatic rings. The second-order valence-electron chi connectivity index (χ2n) is 4.57. The van der Waals surface area contributed by atoms with Crippen LogP contribution in [0, 0.1) is 12.7 Å². The van der Waals surface area contributed by atoms with Crippen molar-refractivity contribution in [2.24, 2.45) is 0 Å². The van der Waals surface area contributed by atoms with Crippen molar-refractivity contribution in [3.63, 3.8) is 0 Å². The van der Waals surface area contributed by atoms with E-state index in [1.54, 1.807) is 18.2 Å². The summed E-state index contributed by atoms with van der Waals surface area (Å²) in [4.78, 5) is 0. The Labute approximate surface area is 111 Å². The number of hydrogen-bond donors (Lipinski definition) is 3. The average molecular weight is 261 g/mol. The molecule has 1 atom stereocenters. The zero-order chi connectivity index (χ0) is 14.0. The Morgan fingerprint density at radius 3 is 2.53 bits per heavy atom. The molecule has 19 heavy (non-hydrogen) atoms. The normalized spacial score (nSPS) is 12.2. The van der Waals surface area contributed by atoms with Gasteiger partial charge in [0.2, 0.25) is 0 Å². The highest BCUT2D eigenvalue weighted by atomic mass is 19.1. The third-order valence-electron chi connectivity index (χ3n) is 3.04. The molecule has 2 aromatic rings. The number of phenols is 2. The van der Waals surface area contributed by atoms with E-state index in [1.165, 1.54) is 18.2 Å². The Kier molecular flexibility index (Phi) is 3.60. The van der Waals surface area contributed by atoms with Gasteiger partial charge in [0.05, 0.1) is 6.04 Å². The smallest absolute Gasteiger partial charge is 0.123 e. The molecule has 4 heteroatoms. The van der Waals surface area contributed by atoms with Crippen LogP contribution in [0.5, 0.6) is 11.5 Å². The predicted octanol–water partition coefficient (Wildman–Crippen LogP) is 3.72. The summed E-state index contributed by atoms with van der Waals surface area (Å²) in [6.07, 6.45) is 0. The fourth-order valence-electron chi connectivity index (χ4n) is 1.99. The van der Waals surface area contributed by atoms with Crippen LogP contribution in [-0.2, 0) is 0 Å². The number of halogens is 1. The zero-order valence-electron chi connectivity index (χ0n) is 10.8. The first kappa shape index (κ1) is 13.2. The van der Waals surface area contributed by atoms with Gasteiger partial charge in [-0.1, -0.05) is 0 Å². The molecule has 3 nitrogen and oxygen atoms in total. The van der Waals surface area contributed by atoms with Crippen LogP contribution in [0.2, 0.25) is 0 Å². The first-order valence-electron chi connectivity index (χ1n) is 6.02. The monoisotopic (exact) mass is 261 g/mol. The van der Waals surface area contributed by atoms with Crippen molar-refractivity contribution in [1.29, 1.82) is 0 Å². The van der Waals surface area contributed by atoms with Crippen LogP contribution in [0.15, 0.2) is 36.4 Å². The van der Waals surface area contributed by atoms with Gasteiger partial charge in [0.15, 0.2) is 0 Å². The van der Waals surface area contributed by atoms with Crippen LogP contribution in [0.1, 0.15) is 24.1 Å². The highest BCUT2D eigenvalue weighted by Crippen LogP contribution is 2.29. The van der Waals surface area contributed by atoms with Crippen LogP contribution in [0.3, 0.4) is 0 Å². The average Bonchev–Trinajstić information content (AvgIpc) is 2.35. The molecule has 2 rings (SSSR count). The molecule has 100 valence electrons. The molecule has 3 N–H and O–H groups in total. The zero-order valence-corrected chi connectivity index (χ0v) is 10.8. The van der Waals surface area contributed by atoms with E-state index in [0.717, 1.165) is 11.3 Å². The van der Waals surface area contributed by atoms with Gasteiger partial charge in [-0.15, -0.1) is 0 Å². The fraction of sp³-hybridized carbons (Fsp3) is 0.200. The van der Waals surface area contributed by atoms with E-state index in [9.17, 15) is 14.6 Å². The summed E-state index contributed by atoms with van der Waals surface area (Å²) in [6, 6.07) is 8.58. The molecule has 0 saturated carbocycles. The molecule has 0 amide bonds. The Hall–Kier alpha value is -2.23. The van der Waals surface area contributed by atoms with Crippen molar-refractivity contribution in [3.8, 4) is 11.5 Å². The van der Waals surface area contributed by atoms with Crippen molar-refractivity contribution < 1.29 is 14.6 Å². The molecule has 0 heterocycles. The van der Waals surface area contributed by atoms with Crippen molar-refractivity contribution in [1.82, 2.24) is 0 Å². The van der Waals surface area contributed by atoms with Crippen LogP contribution < -0.4 is 5.32 Å². The number of phenolic OH excluding ortho intramolecular Hbond substituents is 2. The highest BCUT2D eigenvalue weighted by molar-refractivity contribution is 5.55. The van der Waals surface area contributed by atoms with E-state index < -0.39 is 0 Å². The molecule has 0 spiro atoms. The molecule has 0 aromatic heterocycles. The summed E-state index contributed by atoms with van der Waals surface area (Å²) in [5.41, 5.74) is 2.20. The molecule has 0 fully saturated rings. The molecular formula is C15H16FNO2. The maximum absolute atomic E-state index is 13.2. The maximum Gasteiger partial charge on any atom is 0.123 e. The summed E-state index contributed by atoms with van der Waals surface area (Å²) in [5.74, 6) is -0.133. The Morgan fingerprint density at radius 1 is 1.11 bits per heavy atom. The topological polar surface area (TPSA) is 52.5 Å². The second kappa shape index (κ2) is 5.18. The Morgan fingerprint density at radius 2 is 1.84 bits per heavy atom. The van der Waals surface area contributed by atoms with Gasteiger partial charge in [-0.05, 0) is 55.8 Å². The highest BCUT2D eigenvalue weighted by Gasteiger charge is 2.12. The van der Waals surface area contributed by atoms with Gasteiger partial charge in [0.1, 0.15) is 17.3 Å². The number of nitrogens with one attached hydrogen (secondary N) is 1. The van der Waals surface area contributed by atoms with E-state index >= 15 is 0 Å². The molecule has 1 unspecified atom stereocenters. The van der Waals surface area contributed by atoms with Gasteiger partial charge >= 0.3 is 0 Å². The number of aromatic hydroxyl groups is 2. The quantitative estimate of drug-likeness (QED) is 0.738. The van der Waals surface area contributed by atoms with Gasteiger partial charge in [-0.2, -0.15) is 0 Å². The van der Waals surface area contributed by atoms with Crippen molar-refractivity contribution >= 4 is 5.69 Å². The minimum Gasteiger partial charge on any atom is -0.508 e. The lowest BCUT2D eigenvalue weighted by atomic mass is 10.1. The summed E-state index contributed by atoms with van der Waals surface area (Å²) >= 11 is 0. The van der Waals surface area contributed by atoms with Gasteiger partial charge in [-0.25, -0.2) is 4.39 Å². The van der Waals surface area contributed by atoms with E-state index in [0.29, 0.717) is 5.56 Å². The van der Waals surface area contributed by atoms with Crippen LogP contribution in [0.25, 0.3) is 0 Å². The third kappa shape index (κ3) is 2.96. The first-order valence-corrected chi connectivity index (χ1v) is 6.02. The van der Waals surface area contributed by atoms with Crippen molar-refractivity contribution in [2.45, 2.75) is 19.9 Å². The molecule has 0 radical (unpaired) electrons. The number of hydrogen-bond acceptors (Lipinski definition) is 3. The predicted molar refractivity (Wildman–Crippen MR) is 72.9 cm³/mol. The first-order chi connectivity index (χ1) is 8.97. The number of aryl methyl sites for hydroxylation is 1. The Bertz CT molecular complexity index is 599. The molecule has 0 aliphatic carbocycles. The van der Waals surface area contributed by atoms with Gasteiger partial charge in [0, 0.05) is 11.3 Å². The van der Waals surface area contributed by atoms with E-state index in [4.69, 9.17) is 0 Å². The van der Waals surface area contributed by atoms with Gasteiger partial charge < -0.3 is 15.5 Å². The molecular weight excluding hydrogens is 245 g/mol. The second-order valence-corrected chi connectivity index (χ2v) is 4.57.